The molecule has 3 heterocycles. The second kappa shape index (κ2) is 8.02. The molecule has 0 bridgehead atoms. The van der Waals surface area contributed by atoms with Gasteiger partial charge < -0.3 is 10.2 Å². The minimum absolute atomic E-state index is 0.0528. The molecule has 1 fully saturated rings. The van der Waals surface area contributed by atoms with E-state index in [1.165, 1.54) is 6.20 Å². The van der Waals surface area contributed by atoms with Gasteiger partial charge in [-0.3, -0.25) is 14.7 Å². The van der Waals surface area contributed by atoms with E-state index in [9.17, 15) is 4.79 Å². The van der Waals surface area contributed by atoms with Crippen molar-refractivity contribution < 1.29 is 4.79 Å². The molecule has 0 saturated carbocycles. The highest BCUT2D eigenvalue weighted by atomic mass is 16.1. The average molecular weight is 340 g/mol. The molecular weight excluding hydrogens is 316 g/mol. The molecule has 2 aromatic heterocycles. The molecule has 0 aromatic carbocycles. The van der Waals surface area contributed by atoms with Gasteiger partial charge in [-0.25, -0.2) is 9.97 Å². The molecule has 3 rings (SSSR count). The number of nitrogens with one attached hydrogen (secondary N) is 1. The fourth-order valence-electron chi connectivity index (χ4n) is 2.94. The normalized spacial score (nSPS) is 16.5. The Kier molecular flexibility index (Phi) is 5.55. The third-order valence-corrected chi connectivity index (χ3v) is 4.27. The topological polar surface area (TPSA) is 74.2 Å². The van der Waals surface area contributed by atoms with E-state index in [2.05, 4.69) is 30.1 Å². The third-order valence-electron chi connectivity index (χ3n) is 4.27. The standard InChI is InChI=1S/C18H24N6O/c1-14-11-21-16(12-20-14)18(25)22-15(2)13-23-7-9-24(10-8-23)17-5-3-4-6-19-17/h3-6,11-12,15H,7-10,13H2,1-2H3,(H,22,25). The van der Waals surface area contributed by atoms with Crippen molar-refractivity contribution in [1.29, 1.82) is 0 Å². The Morgan fingerprint density at radius 1 is 1.16 bits per heavy atom. The first kappa shape index (κ1) is 17.3. The minimum atomic E-state index is -0.174. The molecule has 0 radical (unpaired) electrons. The number of hydrogen-bond acceptors (Lipinski definition) is 6. The fourth-order valence-corrected chi connectivity index (χ4v) is 2.94. The first-order chi connectivity index (χ1) is 12.1. The van der Waals surface area contributed by atoms with Crippen molar-refractivity contribution in [2.45, 2.75) is 19.9 Å². The molecule has 2 aromatic rings. The lowest BCUT2D eigenvalue weighted by atomic mass is 10.2. The highest BCUT2D eigenvalue weighted by Crippen LogP contribution is 2.12. The van der Waals surface area contributed by atoms with Gasteiger partial charge >= 0.3 is 0 Å². The summed E-state index contributed by atoms with van der Waals surface area (Å²) in [6.07, 6.45) is 4.95. The summed E-state index contributed by atoms with van der Waals surface area (Å²) in [7, 11) is 0. The van der Waals surface area contributed by atoms with Crippen molar-refractivity contribution in [3.8, 4) is 0 Å². The molecule has 1 amide bonds. The molecular formula is C18H24N6O. The Balaban J connectivity index is 1.45. The van der Waals surface area contributed by atoms with Crippen LogP contribution in [0.3, 0.4) is 0 Å². The van der Waals surface area contributed by atoms with E-state index in [1.54, 1.807) is 6.20 Å². The van der Waals surface area contributed by atoms with E-state index in [4.69, 9.17) is 0 Å². The number of aryl methyl sites for hydroxylation is 1. The van der Waals surface area contributed by atoms with Crippen LogP contribution in [0, 0.1) is 6.92 Å². The zero-order chi connectivity index (χ0) is 17.6. The highest BCUT2D eigenvalue weighted by Gasteiger charge is 2.20. The van der Waals surface area contributed by atoms with E-state index in [1.807, 2.05) is 38.2 Å². The summed E-state index contributed by atoms with van der Waals surface area (Å²) in [5.74, 6) is 0.855. The van der Waals surface area contributed by atoms with Crippen LogP contribution in [0.15, 0.2) is 36.8 Å². The van der Waals surface area contributed by atoms with Gasteiger partial charge in [0.25, 0.3) is 5.91 Å². The van der Waals surface area contributed by atoms with Crippen LogP contribution < -0.4 is 10.2 Å². The summed E-state index contributed by atoms with van der Waals surface area (Å²) in [4.78, 5) is 29.5. The van der Waals surface area contributed by atoms with Gasteiger partial charge in [-0.05, 0) is 26.0 Å². The second-order valence-corrected chi connectivity index (χ2v) is 6.39. The van der Waals surface area contributed by atoms with Crippen molar-refractivity contribution in [3.05, 3.63) is 48.2 Å². The van der Waals surface area contributed by atoms with Crippen LogP contribution in [0.2, 0.25) is 0 Å². The monoisotopic (exact) mass is 340 g/mol. The van der Waals surface area contributed by atoms with Gasteiger partial charge in [-0.15, -0.1) is 0 Å². The quantitative estimate of drug-likeness (QED) is 0.879. The van der Waals surface area contributed by atoms with Crippen molar-refractivity contribution in [2.75, 3.05) is 37.6 Å². The van der Waals surface area contributed by atoms with E-state index < -0.39 is 0 Å². The van der Waals surface area contributed by atoms with Crippen LogP contribution in [0.1, 0.15) is 23.1 Å². The number of carbonyl (C=O) groups is 1. The molecule has 1 aliphatic rings. The molecule has 25 heavy (non-hydrogen) atoms. The molecule has 1 saturated heterocycles. The summed E-state index contributed by atoms with van der Waals surface area (Å²) in [5, 5.41) is 3.00. The number of nitrogens with zero attached hydrogens (tertiary/aromatic N) is 5. The summed E-state index contributed by atoms with van der Waals surface area (Å²) < 4.78 is 0. The smallest absolute Gasteiger partial charge is 0.271 e. The zero-order valence-electron chi connectivity index (χ0n) is 14.7. The highest BCUT2D eigenvalue weighted by molar-refractivity contribution is 5.92. The Morgan fingerprint density at radius 3 is 2.60 bits per heavy atom. The third kappa shape index (κ3) is 4.73. The molecule has 1 aliphatic heterocycles. The molecule has 1 unspecified atom stereocenters. The van der Waals surface area contributed by atoms with Gasteiger partial charge in [0.15, 0.2) is 0 Å². The van der Waals surface area contributed by atoms with Crippen LogP contribution >= 0.6 is 0 Å². The Bertz CT molecular complexity index is 682. The van der Waals surface area contributed by atoms with Crippen LogP contribution in [0.5, 0.6) is 0 Å². The van der Waals surface area contributed by atoms with Gasteiger partial charge in [0.05, 0.1) is 11.9 Å². The maximum atomic E-state index is 12.2. The zero-order valence-corrected chi connectivity index (χ0v) is 14.7. The maximum absolute atomic E-state index is 12.2. The lowest BCUT2D eigenvalue weighted by Crippen LogP contribution is -2.51. The van der Waals surface area contributed by atoms with Gasteiger partial charge in [0.2, 0.25) is 0 Å². The van der Waals surface area contributed by atoms with Crippen molar-refractivity contribution in [1.82, 2.24) is 25.2 Å². The van der Waals surface area contributed by atoms with Crippen LogP contribution in [-0.4, -0.2) is 64.5 Å². The van der Waals surface area contributed by atoms with Crippen molar-refractivity contribution >= 4 is 11.7 Å². The Labute approximate surface area is 148 Å². The molecule has 0 spiro atoms. The molecule has 1 atom stereocenters. The Morgan fingerprint density at radius 2 is 1.96 bits per heavy atom. The first-order valence-electron chi connectivity index (χ1n) is 8.59. The predicted octanol–water partition coefficient (Wildman–Crippen LogP) is 1.12. The van der Waals surface area contributed by atoms with E-state index in [0.717, 1.165) is 44.2 Å². The van der Waals surface area contributed by atoms with Gasteiger partial charge in [-0.1, -0.05) is 6.07 Å². The summed E-state index contributed by atoms with van der Waals surface area (Å²) >= 11 is 0. The summed E-state index contributed by atoms with van der Waals surface area (Å²) in [6.45, 7) is 8.50. The van der Waals surface area contributed by atoms with Gasteiger partial charge in [0.1, 0.15) is 11.5 Å². The number of piperazine rings is 1. The number of carbonyl (C=O) groups excluding carboxylic acids is 1. The number of rotatable bonds is 5. The number of hydrogen-bond donors (Lipinski definition) is 1. The first-order valence-corrected chi connectivity index (χ1v) is 8.59. The molecule has 7 heteroatoms. The van der Waals surface area contributed by atoms with Crippen molar-refractivity contribution in [2.24, 2.45) is 0 Å². The molecule has 7 nitrogen and oxygen atoms in total. The predicted molar refractivity (Wildman–Crippen MR) is 96.6 cm³/mol. The largest absolute Gasteiger partial charge is 0.354 e. The lowest BCUT2D eigenvalue weighted by molar-refractivity contribution is 0.0922. The van der Waals surface area contributed by atoms with Gasteiger partial charge in [0, 0.05) is 51.2 Å². The van der Waals surface area contributed by atoms with E-state index in [0.29, 0.717) is 5.69 Å². The van der Waals surface area contributed by atoms with E-state index >= 15 is 0 Å². The maximum Gasteiger partial charge on any atom is 0.271 e. The number of anilines is 1. The van der Waals surface area contributed by atoms with Crippen LogP contribution in [0.25, 0.3) is 0 Å². The summed E-state index contributed by atoms with van der Waals surface area (Å²) in [5.41, 5.74) is 1.16. The minimum Gasteiger partial charge on any atom is -0.354 e. The lowest BCUT2D eigenvalue weighted by Gasteiger charge is -2.36. The van der Waals surface area contributed by atoms with Crippen molar-refractivity contribution in [3.63, 3.8) is 0 Å². The fraction of sp³-hybridized carbons (Fsp3) is 0.444. The molecule has 0 aliphatic carbocycles. The number of amides is 1. The number of pyridine rings is 1. The van der Waals surface area contributed by atoms with Crippen LogP contribution in [-0.2, 0) is 0 Å². The summed E-state index contributed by atoms with van der Waals surface area (Å²) in [6, 6.07) is 6.04. The average Bonchev–Trinajstić information content (AvgIpc) is 2.63. The van der Waals surface area contributed by atoms with Crippen LogP contribution in [0.4, 0.5) is 5.82 Å². The van der Waals surface area contributed by atoms with E-state index in [-0.39, 0.29) is 11.9 Å². The van der Waals surface area contributed by atoms with Gasteiger partial charge in [-0.2, -0.15) is 0 Å². The molecule has 1 N–H and O–H groups in total. The number of aromatic nitrogens is 3. The molecule has 132 valence electrons. The SMILES string of the molecule is Cc1cnc(C(=O)NC(C)CN2CCN(c3ccccn3)CC2)cn1. The second-order valence-electron chi connectivity index (χ2n) is 6.39. The Hall–Kier alpha value is -2.54.